The molecule has 0 amide bonds. The maximum Gasteiger partial charge on any atom is 0.357 e. The average Bonchev–Trinajstić information content (AvgIpc) is 2.24. The maximum atomic E-state index is 12.9. The summed E-state index contributed by atoms with van der Waals surface area (Å²) < 4.78 is 66.3. The van der Waals surface area contributed by atoms with E-state index in [9.17, 15) is 26.5 Å². The molecule has 0 rings (SSSR count). The van der Waals surface area contributed by atoms with Gasteiger partial charge in [0.2, 0.25) is 0 Å². The van der Waals surface area contributed by atoms with Crippen molar-refractivity contribution in [3.8, 4) is 0 Å². The number of carbonyl (C=O) groups excluding carboxylic acids is 1. The second-order valence-corrected chi connectivity index (χ2v) is 6.72. The lowest BCUT2D eigenvalue weighted by atomic mass is 10.1. The highest BCUT2D eigenvalue weighted by Gasteiger charge is 2.39. The van der Waals surface area contributed by atoms with Crippen LogP contribution in [0, 0.1) is 5.92 Å². The van der Waals surface area contributed by atoms with Gasteiger partial charge in [-0.25, -0.2) is 8.42 Å². The molecule has 0 atom stereocenters. The molecule has 0 unspecified atom stereocenters. The summed E-state index contributed by atoms with van der Waals surface area (Å²) in [7, 11) is -5.76. The van der Waals surface area contributed by atoms with Crippen LogP contribution in [0.4, 0.5) is 8.78 Å². The molecule has 0 fully saturated rings. The van der Waals surface area contributed by atoms with Crippen LogP contribution in [0.1, 0.15) is 34.1 Å². The van der Waals surface area contributed by atoms with E-state index in [1.165, 1.54) is 13.8 Å². The molecule has 0 aliphatic heterocycles. The standard InChI is InChI=1S/C11H20F2O6S/c1-8(2)9(14)18-6-5-10(3,4)19-7-11(12,13)20(15,16)17/h8H,5-7H2,1-4H3,(H,15,16,17)/p-1. The minimum atomic E-state index is -5.76. The van der Waals surface area contributed by atoms with E-state index in [1.54, 1.807) is 13.8 Å². The van der Waals surface area contributed by atoms with Gasteiger partial charge in [0, 0.05) is 6.42 Å². The van der Waals surface area contributed by atoms with Gasteiger partial charge in [0.05, 0.1) is 18.1 Å². The van der Waals surface area contributed by atoms with Gasteiger partial charge >= 0.3 is 11.2 Å². The van der Waals surface area contributed by atoms with Crippen LogP contribution in [0.15, 0.2) is 0 Å². The Morgan fingerprint density at radius 1 is 1.30 bits per heavy atom. The van der Waals surface area contributed by atoms with E-state index in [4.69, 9.17) is 9.47 Å². The van der Waals surface area contributed by atoms with Gasteiger partial charge in [0.15, 0.2) is 10.1 Å². The van der Waals surface area contributed by atoms with E-state index >= 15 is 0 Å². The largest absolute Gasteiger partial charge is 0.743 e. The van der Waals surface area contributed by atoms with E-state index in [-0.39, 0.29) is 18.9 Å². The van der Waals surface area contributed by atoms with E-state index < -0.39 is 33.5 Å². The molecule has 0 aromatic heterocycles. The first kappa shape index (κ1) is 19.2. The minimum Gasteiger partial charge on any atom is -0.743 e. The lowest BCUT2D eigenvalue weighted by Gasteiger charge is -2.28. The SMILES string of the molecule is CC(C)C(=O)OCCC(C)(C)OCC(F)(F)S(=O)(=O)[O-]. The van der Waals surface area contributed by atoms with Crippen molar-refractivity contribution in [1.29, 1.82) is 0 Å². The summed E-state index contributed by atoms with van der Waals surface area (Å²) in [5.41, 5.74) is -1.16. The van der Waals surface area contributed by atoms with Crippen molar-refractivity contribution in [3.05, 3.63) is 0 Å². The monoisotopic (exact) mass is 317 g/mol. The lowest BCUT2D eigenvalue weighted by molar-refractivity contribution is -0.150. The molecule has 0 saturated heterocycles. The van der Waals surface area contributed by atoms with Crippen LogP contribution in [0.5, 0.6) is 0 Å². The van der Waals surface area contributed by atoms with Crippen LogP contribution in [-0.2, 0) is 24.4 Å². The molecular weight excluding hydrogens is 298 g/mol. The zero-order valence-corrected chi connectivity index (χ0v) is 12.6. The third-order valence-electron chi connectivity index (χ3n) is 2.42. The van der Waals surface area contributed by atoms with Crippen LogP contribution in [0.25, 0.3) is 0 Å². The molecule has 0 N–H and O–H groups in total. The van der Waals surface area contributed by atoms with Gasteiger partial charge in [-0.15, -0.1) is 0 Å². The van der Waals surface area contributed by atoms with E-state index in [0.717, 1.165) is 0 Å². The number of halogens is 2. The summed E-state index contributed by atoms with van der Waals surface area (Å²) in [6.07, 6.45) is 0.0838. The molecule has 20 heavy (non-hydrogen) atoms. The Hall–Kier alpha value is -0.800. The zero-order valence-electron chi connectivity index (χ0n) is 11.8. The van der Waals surface area contributed by atoms with Crippen LogP contribution < -0.4 is 0 Å². The van der Waals surface area contributed by atoms with Gasteiger partial charge in [-0.2, -0.15) is 8.78 Å². The van der Waals surface area contributed by atoms with Crippen molar-refractivity contribution in [3.63, 3.8) is 0 Å². The van der Waals surface area contributed by atoms with E-state index in [0.29, 0.717) is 0 Å². The number of esters is 1. The molecule has 0 saturated carbocycles. The topological polar surface area (TPSA) is 92.7 Å². The lowest BCUT2D eigenvalue weighted by Crippen LogP contribution is -2.39. The highest BCUT2D eigenvalue weighted by Crippen LogP contribution is 2.24. The van der Waals surface area contributed by atoms with Crippen molar-refractivity contribution in [1.82, 2.24) is 0 Å². The minimum absolute atomic E-state index is 0.0558. The van der Waals surface area contributed by atoms with E-state index in [2.05, 4.69) is 0 Å². The summed E-state index contributed by atoms with van der Waals surface area (Å²) >= 11 is 0. The third-order valence-corrected chi connectivity index (χ3v) is 3.27. The van der Waals surface area contributed by atoms with Gasteiger partial charge < -0.3 is 14.0 Å². The highest BCUT2D eigenvalue weighted by atomic mass is 32.2. The average molecular weight is 317 g/mol. The van der Waals surface area contributed by atoms with Crippen LogP contribution in [-0.4, -0.2) is 43.0 Å². The van der Waals surface area contributed by atoms with Crippen molar-refractivity contribution in [2.24, 2.45) is 5.92 Å². The Balaban J connectivity index is 4.31. The normalized spacial score (nSPS) is 13.6. The van der Waals surface area contributed by atoms with Gasteiger partial charge in [-0.05, 0) is 13.8 Å². The number of alkyl halides is 2. The summed E-state index contributed by atoms with van der Waals surface area (Å²) in [5.74, 6) is -0.748. The first-order chi connectivity index (χ1) is 8.78. The van der Waals surface area contributed by atoms with Crippen molar-refractivity contribution in [2.75, 3.05) is 13.2 Å². The fourth-order valence-corrected chi connectivity index (χ4v) is 1.19. The Morgan fingerprint density at radius 3 is 2.20 bits per heavy atom. The molecule has 0 heterocycles. The molecule has 120 valence electrons. The Morgan fingerprint density at radius 2 is 1.80 bits per heavy atom. The molecule has 9 heteroatoms. The second-order valence-electron chi connectivity index (χ2n) is 5.21. The summed E-state index contributed by atoms with van der Waals surface area (Å²) in [6, 6.07) is 0. The fraction of sp³-hybridized carbons (Fsp3) is 0.909. The molecule has 0 aliphatic rings. The number of carbonyl (C=O) groups is 1. The molecule has 0 spiro atoms. The van der Waals surface area contributed by atoms with Gasteiger partial charge in [-0.1, -0.05) is 13.8 Å². The second kappa shape index (κ2) is 6.77. The quantitative estimate of drug-likeness (QED) is 0.497. The molecular formula is C11H19F2O6S-. The van der Waals surface area contributed by atoms with Crippen molar-refractivity contribution >= 4 is 16.1 Å². The summed E-state index contributed by atoms with van der Waals surface area (Å²) in [5, 5.41) is -4.49. The Bertz CT molecular complexity index is 430. The van der Waals surface area contributed by atoms with Gasteiger partial charge in [0.25, 0.3) is 0 Å². The van der Waals surface area contributed by atoms with Crippen molar-refractivity contribution in [2.45, 2.75) is 45.0 Å². The first-order valence-corrected chi connectivity index (χ1v) is 7.33. The van der Waals surface area contributed by atoms with Crippen LogP contribution in [0.2, 0.25) is 0 Å². The van der Waals surface area contributed by atoms with Gasteiger partial charge in [0.1, 0.15) is 6.61 Å². The fourth-order valence-electron chi connectivity index (χ4n) is 0.988. The predicted molar refractivity (Wildman–Crippen MR) is 65.1 cm³/mol. The summed E-state index contributed by atoms with van der Waals surface area (Å²) in [6.45, 7) is 4.53. The molecule has 0 aliphatic carbocycles. The van der Waals surface area contributed by atoms with Crippen molar-refractivity contribution < 1.29 is 36.0 Å². The van der Waals surface area contributed by atoms with Crippen LogP contribution in [0.3, 0.4) is 0 Å². The molecule has 0 radical (unpaired) electrons. The first-order valence-electron chi connectivity index (χ1n) is 5.92. The Kier molecular flexibility index (Phi) is 6.50. The number of hydrogen-bond acceptors (Lipinski definition) is 6. The molecule has 0 aromatic carbocycles. The highest BCUT2D eigenvalue weighted by molar-refractivity contribution is 7.86. The maximum absolute atomic E-state index is 12.9. The number of rotatable bonds is 8. The number of hydrogen-bond donors (Lipinski definition) is 0. The third kappa shape index (κ3) is 6.58. The Labute approximate surface area is 117 Å². The summed E-state index contributed by atoms with van der Waals surface area (Å²) in [4.78, 5) is 11.2. The van der Waals surface area contributed by atoms with Gasteiger partial charge in [-0.3, -0.25) is 4.79 Å². The molecule has 0 aromatic rings. The predicted octanol–water partition coefficient (Wildman–Crippen LogP) is 1.51. The van der Waals surface area contributed by atoms with E-state index in [1.807, 2.05) is 0 Å². The number of ether oxygens (including phenoxy) is 2. The molecule has 0 bridgehead atoms. The zero-order chi connectivity index (χ0) is 16.2. The molecule has 6 nitrogen and oxygen atoms in total. The van der Waals surface area contributed by atoms with Crippen LogP contribution >= 0.6 is 0 Å². The smallest absolute Gasteiger partial charge is 0.357 e.